The van der Waals surface area contributed by atoms with Crippen LogP contribution in [0.1, 0.15) is 258 Å². The van der Waals surface area contributed by atoms with E-state index < -0.39 is 6.10 Å². The molecule has 68 heavy (non-hydrogen) atoms. The number of unbranched alkanes of at least 4 members (excludes halogenated alkanes) is 23. The minimum atomic E-state index is -0.815. The van der Waals surface area contributed by atoms with Crippen LogP contribution < -0.4 is 0 Å². The lowest BCUT2D eigenvalue weighted by Crippen LogP contribution is -2.30. The maximum Gasteiger partial charge on any atom is 0.306 e. The third kappa shape index (κ3) is 53.3. The molecule has 0 aromatic heterocycles. The third-order valence-electron chi connectivity index (χ3n) is 11.8. The summed E-state index contributed by atoms with van der Waals surface area (Å²) in [4.78, 5) is 38.1. The molecule has 0 rings (SSSR count). The topological polar surface area (TPSA) is 78.9 Å². The molecule has 0 radical (unpaired) electrons. The summed E-state index contributed by atoms with van der Waals surface area (Å²) in [7, 11) is 0. The number of ether oxygens (including phenoxy) is 3. The fourth-order valence-electron chi connectivity index (χ4n) is 7.48. The Labute approximate surface area is 419 Å². The zero-order valence-electron chi connectivity index (χ0n) is 44.3. The number of hydrogen-bond acceptors (Lipinski definition) is 6. The van der Waals surface area contributed by atoms with Crippen LogP contribution in [0.2, 0.25) is 0 Å². The van der Waals surface area contributed by atoms with Gasteiger partial charge in [-0.1, -0.05) is 221 Å². The minimum Gasteiger partial charge on any atom is -0.462 e. The Kier molecular flexibility index (Phi) is 52.9. The zero-order valence-corrected chi connectivity index (χ0v) is 44.3. The number of carbonyl (C=O) groups is 3. The van der Waals surface area contributed by atoms with Gasteiger partial charge in [0.05, 0.1) is 0 Å². The molecular weight excluding hydrogens is 841 g/mol. The molecule has 0 unspecified atom stereocenters. The molecule has 0 heterocycles. The Hall–Kier alpha value is -3.67. The Morgan fingerprint density at radius 2 is 0.559 bits per heavy atom. The highest BCUT2D eigenvalue weighted by Crippen LogP contribution is 2.14. The minimum absolute atomic E-state index is 0.107. The SMILES string of the molecule is CCCC/C=C/C/C=C/CCCCCCCC(=O)OC[C@H](COC(=O)CCCCCCCCCCC/C=C/C/C=C/CCCCC)OC(=O)CCC/C=C/C/C=C/C/C=C/C/C=C/CCCCC. The second-order valence-electron chi connectivity index (χ2n) is 18.5. The van der Waals surface area contributed by atoms with Gasteiger partial charge in [-0.2, -0.15) is 0 Å². The zero-order chi connectivity index (χ0) is 49.3. The normalized spacial score (nSPS) is 12.8. The molecule has 0 saturated carbocycles. The van der Waals surface area contributed by atoms with Crippen molar-refractivity contribution < 1.29 is 28.6 Å². The fourth-order valence-corrected chi connectivity index (χ4v) is 7.48. The molecule has 0 aliphatic carbocycles. The van der Waals surface area contributed by atoms with E-state index in [1.165, 1.54) is 116 Å². The fraction of sp³-hybridized carbons (Fsp3) is 0.694. The Balaban J connectivity index is 4.48. The summed E-state index contributed by atoms with van der Waals surface area (Å²) >= 11 is 0. The van der Waals surface area contributed by atoms with Crippen molar-refractivity contribution in [3.63, 3.8) is 0 Å². The van der Waals surface area contributed by atoms with Crippen molar-refractivity contribution in [1.82, 2.24) is 0 Å². The lowest BCUT2D eigenvalue weighted by atomic mass is 10.1. The van der Waals surface area contributed by atoms with Gasteiger partial charge in [-0.15, -0.1) is 0 Å². The molecule has 0 amide bonds. The van der Waals surface area contributed by atoms with Gasteiger partial charge >= 0.3 is 17.9 Å². The number of esters is 3. The van der Waals surface area contributed by atoms with Crippen LogP contribution in [0.5, 0.6) is 0 Å². The second kappa shape index (κ2) is 55.9. The van der Waals surface area contributed by atoms with E-state index in [-0.39, 0.29) is 37.5 Å². The highest BCUT2D eigenvalue weighted by Gasteiger charge is 2.19. The first-order chi connectivity index (χ1) is 33.5. The molecule has 0 aromatic rings. The van der Waals surface area contributed by atoms with Crippen molar-refractivity contribution in [3.05, 3.63) is 97.2 Å². The highest BCUT2D eigenvalue weighted by atomic mass is 16.6. The molecule has 0 aliphatic heterocycles. The van der Waals surface area contributed by atoms with Crippen LogP contribution in [-0.2, 0) is 28.6 Å². The van der Waals surface area contributed by atoms with E-state index in [0.29, 0.717) is 19.3 Å². The summed E-state index contributed by atoms with van der Waals surface area (Å²) in [5, 5.41) is 0. The van der Waals surface area contributed by atoms with Crippen LogP contribution in [0.4, 0.5) is 0 Å². The lowest BCUT2D eigenvalue weighted by molar-refractivity contribution is -0.167. The van der Waals surface area contributed by atoms with Crippen molar-refractivity contribution in [2.75, 3.05) is 13.2 Å². The average Bonchev–Trinajstić information content (AvgIpc) is 3.34. The molecule has 6 nitrogen and oxygen atoms in total. The van der Waals surface area contributed by atoms with Gasteiger partial charge < -0.3 is 14.2 Å². The highest BCUT2D eigenvalue weighted by molar-refractivity contribution is 5.71. The number of carbonyl (C=O) groups excluding carboxylic acids is 3. The third-order valence-corrected chi connectivity index (χ3v) is 11.8. The van der Waals surface area contributed by atoms with Crippen molar-refractivity contribution in [2.24, 2.45) is 0 Å². The lowest BCUT2D eigenvalue weighted by Gasteiger charge is -2.18. The van der Waals surface area contributed by atoms with E-state index >= 15 is 0 Å². The van der Waals surface area contributed by atoms with Gasteiger partial charge in [0.2, 0.25) is 0 Å². The van der Waals surface area contributed by atoms with Crippen LogP contribution in [-0.4, -0.2) is 37.2 Å². The predicted molar refractivity (Wildman–Crippen MR) is 293 cm³/mol. The van der Waals surface area contributed by atoms with Crippen molar-refractivity contribution in [3.8, 4) is 0 Å². The quantitative estimate of drug-likeness (QED) is 0.0262. The van der Waals surface area contributed by atoms with Gasteiger partial charge in [0.1, 0.15) is 13.2 Å². The molecule has 6 heteroatoms. The number of allylic oxidation sites excluding steroid dienone is 16. The summed E-state index contributed by atoms with van der Waals surface area (Å²) < 4.78 is 16.8. The number of rotatable bonds is 50. The molecule has 0 fully saturated rings. The van der Waals surface area contributed by atoms with E-state index in [1.54, 1.807) is 0 Å². The van der Waals surface area contributed by atoms with Crippen molar-refractivity contribution >= 4 is 17.9 Å². The van der Waals surface area contributed by atoms with E-state index in [1.807, 2.05) is 0 Å². The molecule has 1 atom stereocenters. The second-order valence-corrected chi connectivity index (χ2v) is 18.5. The first kappa shape index (κ1) is 64.3. The Morgan fingerprint density at radius 1 is 0.294 bits per heavy atom. The van der Waals surface area contributed by atoms with Crippen LogP contribution >= 0.6 is 0 Å². The standard InChI is InChI=1S/C62H104O6/c1-4-7-10-13-16-19-22-25-28-30-31-33-34-37-40-43-46-49-52-55-61(64)67-58-59(57-66-60(63)54-51-48-45-42-39-36-27-24-21-18-15-12-9-6-3)68-62(65)56-53-50-47-44-41-38-35-32-29-26-23-20-17-14-11-8-5-2/h15-20,24-29,35,38,44,47,59H,4-14,21-23,30-34,36-37,39-43,45-46,48-58H2,1-3H3/b18-15+,19-16+,20-17+,27-24+,28-25+,29-26+,38-35+,47-44+/t59-/m1/s1. The predicted octanol–water partition coefficient (Wildman–Crippen LogP) is 18.9. The molecule has 0 saturated heterocycles. The van der Waals surface area contributed by atoms with Crippen LogP contribution in [0.3, 0.4) is 0 Å². The molecule has 0 aliphatic rings. The van der Waals surface area contributed by atoms with Crippen LogP contribution in [0.15, 0.2) is 97.2 Å². The maximum atomic E-state index is 12.8. The van der Waals surface area contributed by atoms with E-state index in [2.05, 4.69) is 118 Å². The van der Waals surface area contributed by atoms with E-state index in [4.69, 9.17) is 14.2 Å². The van der Waals surface area contributed by atoms with Gasteiger partial charge in [0.25, 0.3) is 0 Å². The monoisotopic (exact) mass is 945 g/mol. The smallest absolute Gasteiger partial charge is 0.306 e. The molecule has 0 bridgehead atoms. The molecule has 0 aromatic carbocycles. The first-order valence-electron chi connectivity index (χ1n) is 28.2. The summed E-state index contributed by atoms with van der Waals surface area (Å²) in [6.07, 6.45) is 73.9. The number of hydrogen-bond donors (Lipinski definition) is 0. The van der Waals surface area contributed by atoms with E-state index in [0.717, 1.165) is 96.3 Å². The Morgan fingerprint density at radius 3 is 0.912 bits per heavy atom. The summed E-state index contributed by atoms with van der Waals surface area (Å²) in [6.45, 7) is 6.49. The van der Waals surface area contributed by atoms with Gasteiger partial charge in [0, 0.05) is 19.3 Å². The van der Waals surface area contributed by atoms with Gasteiger partial charge in [0.15, 0.2) is 6.10 Å². The van der Waals surface area contributed by atoms with Crippen molar-refractivity contribution in [2.45, 2.75) is 264 Å². The molecular formula is C62H104O6. The average molecular weight is 946 g/mol. The van der Waals surface area contributed by atoms with E-state index in [9.17, 15) is 14.4 Å². The Bertz CT molecular complexity index is 1360. The van der Waals surface area contributed by atoms with Crippen molar-refractivity contribution in [1.29, 1.82) is 0 Å². The molecule has 0 spiro atoms. The summed E-state index contributed by atoms with van der Waals surface area (Å²) in [5.41, 5.74) is 0. The summed E-state index contributed by atoms with van der Waals surface area (Å²) in [6, 6.07) is 0. The van der Waals surface area contributed by atoms with Crippen LogP contribution in [0.25, 0.3) is 0 Å². The van der Waals surface area contributed by atoms with Gasteiger partial charge in [-0.05, 0) is 116 Å². The molecule has 0 N–H and O–H groups in total. The first-order valence-corrected chi connectivity index (χ1v) is 28.2. The van der Waals surface area contributed by atoms with Gasteiger partial charge in [-0.3, -0.25) is 14.4 Å². The van der Waals surface area contributed by atoms with Crippen LogP contribution in [0, 0.1) is 0 Å². The largest absolute Gasteiger partial charge is 0.462 e. The van der Waals surface area contributed by atoms with Gasteiger partial charge in [-0.25, -0.2) is 0 Å². The summed E-state index contributed by atoms with van der Waals surface area (Å²) in [5.74, 6) is -0.980. The molecule has 388 valence electrons. The maximum absolute atomic E-state index is 12.8.